The summed E-state index contributed by atoms with van der Waals surface area (Å²) in [7, 11) is 0. The van der Waals surface area contributed by atoms with Crippen molar-refractivity contribution in [3.63, 3.8) is 0 Å². The van der Waals surface area contributed by atoms with E-state index >= 15 is 0 Å². The first-order valence-corrected chi connectivity index (χ1v) is 6.88. The van der Waals surface area contributed by atoms with Crippen molar-refractivity contribution in [3.05, 3.63) is 34.9 Å². The molecule has 0 unspecified atom stereocenters. The predicted octanol–water partition coefficient (Wildman–Crippen LogP) is 0.347. The van der Waals surface area contributed by atoms with Gasteiger partial charge in [-0.1, -0.05) is 17.9 Å². The van der Waals surface area contributed by atoms with E-state index in [-0.39, 0.29) is 31.0 Å². The van der Waals surface area contributed by atoms with Crippen LogP contribution in [-0.2, 0) is 4.79 Å². The van der Waals surface area contributed by atoms with E-state index in [0.29, 0.717) is 11.1 Å². The summed E-state index contributed by atoms with van der Waals surface area (Å²) in [6.07, 6.45) is 2.04. The lowest BCUT2D eigenvalue weighted by molar-refractivity contribution is -0.120. The first-order chi connectivity index (χ1) is 10.1. The molecule has 0 saturated heterocycles. The minimum absolute atomic E-state index is 0.0269. The number of rotatable bonds is 4. The summed E-state index contributed by atoms with van der Waals surface area (Å²) in [6.45, 7) is 1.63. The fourth-order valence-corrected chi connectivity index (χ4v) is 1.80. The molecule has 1 aromatic carbocycles. The Labute approximate surface area is 123 Å². The van der Waals surface area contributed by atoms with Gasteiger partial charge in [0.25, 0.3) is 5.91 Å². The molecule has 0 aromatic heterocycles. The Morgan fingerprint density at radius 2 is 2.14 bits per heavy atom. The number of benzene rings is 1. The third-order valence-corrected chi connectivity index (χ3v) is 3.15. The Balaban J connectivity index is 1.96. The molecule has 21 heavy (non-hydrogen) atoms. The maximum atomic E-state index is 12.0. The van der Waals surface area contributed by atoms with E-state index in [1.54, 1.807) is 18.2 Å². The molecule has 1 fully saturated rings. The molecule has 2 amide bonds. The standard InChI is InChI=1S/C16H18N2O3/c1-11-4-5-13(9-12(11)3-2-8-19)16(21)17-10-15(20)18-14-6-7-14/h4-5,9,14,19H,6-8,10H2,1H3,(H,17,21)(H,18,20). The molecule has 1 aliphatic carbocycles. The lowest BCUT2D eigenvalue weighted by Crippen LogP contribution is -2.37. The molecule has 0 bridgehead atoms. The van der Waals surface area contributed by atoms with Gasteiger partial charge in [0.05, 0.1) is 6.54 Å². The van der Waals surface area contributed by atoms with Gasteiger partial charge in [0.1, 0.15) is 6.61 Å². The summed E-state index contributed by atoms with van der Waals surface area (Å²) in [5.41, 5.74) is 2.07. The lowest BCUT2D eigenvalue weighted by Gasteiger charge is -2.07. The largest absolute Gasteiger partial charge is 0.384 e. The molecule has 0 atom stereocenters. The smallest absolute Gasteiger partial charge is 0.251 e. The van der Waals surface area contributed by atoms with Crippen molar-refractivity contribution in [2.24, 2.45) is 0 Å². The van der Waals surface area contributed by atoms with Gasteiger partial charge in [-0.2, -0.15) is 0 Å². The van der Waals surface area contributed by atoms with Crippen molar-refractivity contribution in [1.29, 1.82) is 0 Å². The second-order valence-electron chi connectivity index (χ2n) is 5.01. The Morgan fingerprint density at radius 1 is 1.38 bits per heavy atom. The highest BCUT2D eigenvalue weighted by atomic mass is 16.2. The maximum absolute atomic E-state index is 12.0. The van der Waals surface area contributed by atoms with Gasteiger partial charge in [0.15, 0.2) is 0 Å². The van der Waals surface area contributed by atoms with Gasteiger partial charge in [-0.25, -0.2) is 0 Å². The van der Waals surface area contributed by atoms with Crippen molar-refractivity contribution in [3.8, 4) is 11.8 Å². The number of aliphatic hydroxyl groups excluding tert-OH is 1. The third kappa shape index (κ3) is 4.62. The van der Waals surface area contributed by atoms with E-state index < -0.39 is 0 Å². The number of amides is 2. The van der Waals surface area contributed by atoms with Crippen molar-refractivity contribution < 1.29 is 14.7 Å². The molecular weight excluding hydrogens is 268 g/mol. The van der Waals surface area contributed by atoms with E-state index in [1.807, 2.05) is 6.92 Å². The zero-order valence-electron chi connectivity index (χ0n) is 11.9. The average Bonchev–Trinajstić information content (AvgIpc) is 3.27. The molecule has 5 nitrogen and oxygen atoms in total. The molecule has 110 valence electrons. The highest BCUT2D eigenvalue weighted by molar-refractivity contribution is 5.96. The van der Waals surface area contributed by atoms with E-state index in [9.17, 15) is 9.59 Å². The lowest BCUT2D eigenvalue weighted by atomic mass is 10.0. The van der Waals surface area contributed by atoms with Crippen LogP contribution < -0.4 is 10.6 Å². The molecule has 1 saturated carbocycles. The Hall–Kier alpha value is -2.32. The summed E-state index contributed by atoms with van der Waals surface area (Å²) in [5.74, 6) is 4.88. The first-order valence-electron chi connectivity index (χ1n) is 6.88. The van der Waals surface area contributed by atoms with E-state index in [4.69, 9.17) is 5.11 Å². The van der Waals surface area contributed by atoms with Crippen LogP contribution in [0.25, 0.3) is 0 Å². The molecule has 0 spiro atoms. The normalized spacial score (nSPS) is 13.0. The molecule has 1 aromatic rings. The van der Waals surface area contributed by atoms with Gasteiger partial charge < -0.3 is 15.7 Å². The van der Waals surface area contributed by atoms with Crippen LogP contribution in [0.2, 0.25) is 0 Å². The summed E-state index contributed by atoms with van der Waals surface area (Å²) < 4.78 is 0. The maximum Gasteiger partial charge on any atom is 0.251 e. The highest BCUT2D eigenvalue weighted by Crippen LogP contribution is 2.18. The fraction of sp³-hybridized carbons (Fsp3) is 0.375. The predicted molar refractivity (Wildman–Crippen MR) is 78.6 cm³/mol. The molecule has 0 heterocycles. The minimum Gasteiger partial charge on any atom is -0.384 e. The Kier molecular flexibility index (Phi) is 4.96. The van der Waals surface area contributed by atoms with Crippen molar-refractivity contribution in [2.75, 3.05) is 13.2 Å². The third-order valence-electron chi connectivity index (χ3n) is 3.15. The van der Waals surface area contributed by atoms with Gasteiger partial charge in [-0.3, -0.25) is 9.59 Å². The monoisotopic (exact) mass is 286 g/mol. The fourth-order valence-electron chi connectivity index (χ4n) is 1.80. The number of hydrogen-bond donors (Lipinski definition) is 3. The topological polar surface area (TPSA) is 78.4 Å². The van der Waals surface area contributed by atoms with E-state index in [2.05, 4.69) is 22.5 Å². The second-order valence-corrected chi connectivity index (χ2v) is 5.01. The summed E-state index contributed by atoms with van der Waals surface area (Å²) in [6, 6.07) is 5.43. The first kappa shape index (κ1) is 15.1. The number of aliphatic hydroxyl groups is 1. The SMILES string of the molecule is Cc1ccc(C(=O)NCC(=O)NC2CC2)cc1C#CCO. The molecule has 5 heteroatoms. The van der Waals surface area contributed by atoms with Crippen LogP contribution >= 0.6 is 0 Å². The number of hydrogen-bond acceptors (Lipinski definition) is 3. The molecule has 1 aliphatic rings. The average molecular weight is 286 g/mol. The van der Waals surface area contributed by atoms with Crippen LogP contribution in [-0.4, -0.2) is 36.1 Å². The van der Waals surface area contributed by atoms with Crippen LogP contribution in [0.3, 0.4) is 0 Å². The van der Waals surface area contributed by atoms with Crippen LogP contribution in [0.1, 0.15) is 34.3 Å². The van der Waals surface area contributed by atoms with Crippen LogP contribution in [0, 0.1) is 18.8 Å². The second kappa shape index (κ2) is 6.91. The van der Waals surface area contributed by atoms with Gasteiger partial charge >= 0.3 is 0 Å². The van der Waals surface area contributed by atoms with Crippen LogP contribution in [0.4, 0.5) is 0 Å². The zero-order valence-corrected chi connectivity index (χ0v) is 11.9. The van der Waals surface area contributed by atoms with E-state index in [0.717, 1.165) is 18.4 Å². The summed E-state index contributed by atoms with van der Waals surface area (Å²) in [4.78, 5) is 23.5. The number of carbonyl (C=O) groups is 2. The van der Waals surface area contributed by atoms with Gasteiger partial charge in [-0.05, 0) is 37.5 Å². The minimum atomic E-state index is -0.312. The zero-order chi connectivity index (χ0) is 15.2. The number of aryl methyl sites for hydroxylation is 1. The summed E-state index contributed by atoms with van der Waals surface area (Å²) >= 11 is 0. The van der Waals surface area contributed by atoms with Crippen LogP contribution in [0.15, 0.2) is 18.2 Å². The van der Waals surface area contributed by atoms with Gasteiger partial charge in [0, 0.05) is 17.2 Å². The summed E-state index contributed by atoms with van der Waals surface area (Å²) in [5, 5.41) is 14.1. The quantitative estimate of drug-likeness (QED) is 0.699. The van der Waals surface area contributed by atoms with Crippen molar-refractivity contribution in [2.45, 2.75) is 25.8 Å². The Morgan fingerprint density at radius 3 is 2.81 bits per heavy atom. The van der Waals surface area contributed by atoms with Crippen molar-refractivity contribution >= 4 is 11.8 Å². The molecule has 0 radical (unpaired) electrons. The highest BCUT2D eigenvalue weighted by Gasteiger charge is 2.23. The molecule has 0 aliphatic heterocycles. The van der Waals surface area contributed by atoms with Gasteiger partial charge in [-0.15, -0.1) is 0 Å². The van der Waals surface area contributed by atoms with Crippen molar-refractivity contribution in [1.82, 2.24) is 10.6 Å². The van der Waals surface area contributed by atoms with E-state index in [1.165, 1.54) is 0 Å². The Bertz CT molecular complexity index is 610. The van der Waals surface area contributed by atoms with Gasteiger partial charge in [0.2, 0.25) is 5.91 Å². The molecule has 3 N–H and O–H groups in total. The number of nitrogens with one attached hydrogen (secondary N) is 2. The number of carbonyl (C=O) groups excluding carboxylic acids is 2. The molecular formula is C16H18N2O3. The molecule has 2 rings (SSSR count). The van der Waals surface area contributed by atoms with Crippen LogP contribution in [0.5, 0.6) is 0 Å².